The maximum atomic E-state index is 13.4. The number of piperidine rings is 1. The highest BCUT2D eigenvalue weighted by Gasteiger charge is 2.23. The molecule has 0 amide bonds. The minimum absolute atomic E-state index is 0.141. The average molecular weight is 265 g/mol. The normalized spacial score (nSPS) is 18.9. The summed E-state index contributed by atoms with van der Waals surface area (Å²) in [5.41, 5.74) is 7.96. The van der Waals surface area contributed by atoms with Crippen LogP contribution in [-0.4, -0.2) is 38.1 Å². The van der Waals surface area contributed by atoms with Crippen molar-refractivity contribution in [2.75, 3.05) is 32.1 Å². The first-order valence-corrected chi connectivity index (χ1v) is 6.95. The van der Waals surface area contributed by atoms with E-state index >= 15 is 0 Å². The lowest BCUT2D eigenvalue weighted by atomic mass is 10.00. The van der Waals surface area contributed by atoms with Crippen LogP contribution in [0.25, 0.3) is 0 Å². The van der Waals surface area contributed by atoms with Crippen LogP contribution in [0, 0.1) is 5.82 Å². The maximum absolute atomic E-state index is 13.4. The van der Waals surface area contributed by atoms with Crippen molar-refractivity contribution in [3.8, 4) is 0 Å². The standard InChI is InChI=1S/C15H24FN3/c1-11(17)14-10-12(16)4-5-15(14)19-8-6-13(7-9-19)18(2)3/h4-5,10-11,13H,6-9,17H2,1-3H3/t11-/m1/s1. The van der Waals surface area contributed by atoms with Crippen LogP contribution in [-0.2, 0) is 0 Å². The van der Waals surface area contributed by atoms with Crippen molar-refractivity contribution >= 4 is 5.69 Å². The Hall–Kier alpha value is -1.13. The molecule has 1 aromatic rings. The Morgan fingerprint density at radius 3 is 2.47 bits per heavy atom. The smallest absolute Gasteiger partial charge is 0.123 e. The van der Waals surface area contributed by atoms with Gasteiger partial charge in [-0.3, -0.25) is 0 Å². The van der Waals surface area contributed by atoms with Crippen LogP contribution >= 0.6 is 0 Å². The lowest BCUT2D eigenvalue weighted by Crippen LogP contribution is -2.42. The van der Waals surface area contributed by atoms with Crippen molar-refractivity contribution in [2.45, 2.75) is 31.8 Å². The first kappa shape index (κ1) is 14.3. The molecule has 4 heteroatoms. The molecular formula is C15H24FN3. The third-order valence-corrected chi connectivity index (χ3v) is 4.02. The summed E-state index contributed by atoms with van der Waals surface area (Å²) in [6, 6.07) is 5.47. The minimum atomic E-state index is -0.209. The molecule has 19 heavy (non-hydrogen) atoms. The lowest BCUT2D eigenvalue weighted by molar-refractivity contribution is 0.249. The molecule has 0 bridgehead atoms. The predicted octanol–water partition coefficient (Wildman–Crippen LogP) is 2.38. The van der Waals surface area contributed by atoms with E-state index in [1.807, 2.05) is 13.0 Å². The second kappa shape index (κ2) is 5.88. The van der Waals surface area contributed by atoms with Crippen LogP contribution in [0.1, 0.15) is 31.4 Å². The second-order valence-electron chi connectivity index (χ2n) is 5.67. The zero-order valence-electron chi connectivity index (χ0n) is 12.1. The van der Waals surface area contributed by atoms with Crippen molar-refractivity contribution < 1.29 is 4.39 Å². The predicted molar refractivity (Wildman–Crippen MR) is 77.9 cm³/mol. The molecule has 1 heterocycles. The molecule has 1 aliphatic heterocycles. The van der Waals surface area contributed by atoms with Crippen LogP contribution in [0.15, 0.2) is 18.2 Å². The number of nitrogens with two attached hydrogens (primary N) is 1. The second-order valence-corrected chi connectivity index (χ2v) is 5.67. The van der Waals surface area contributed by atoms with Gasteiger partial charge in [-0.1, -0.05) is 0 Å². The molecule has 2 rings (SSSR count). The fourth-order valence-electron chi connectivity index (χ4n) is 2.80. The molecule has 0 aliphatic carbocycles. The van der Waals surface area contributed by atoms with E-state index in [1.54, 1.807) is 6.07 Å². The number of hydrogen-bond acceptors (Lipinski definition) is 3. The molecular weight excluding hydrogens is 241 g/mol. The van der Waals surface area contributed by atoms with Crippen LogP contribution in [0.4, 0.5) is 10.1 Å². The van der Waals surface area contributed by atoms with Crippen molar-refractivity contribution in [3.63, 3.8) is 0 Å². The summed E-state index contributed by atoms with van der Waals surface area (Å²) in [7, 11) is 4.26. The van der Waals surface area contributed by atoms with Gasteiger partial charge in [-0.25, -0.2) is 4.39 Å². The Bertz CT molecular complexity index is 423. The molecule has 0 saturated carbocycles. The molecule has 0 radical (unpaired) electrons. The van der Waals surface area contributed by atoms with Crippen molar-refractivity contribution in [2.24, 2.45) is 5.73 Å². The highest BCUT2D eigenvalue weighted by Crippen LogP contribution is 2.29. The van der Waals surface area contributed by atoms with Gasteiger partial charge in [-0.15, -0.1) is 0 Å². The van der Waals surface area contributed by atoms with E-state index < -0.39 is 0 Å². The van der Waals surface area contributed by atoms with Gasteiger partial charge in [0.05, 0.1) is 0 Å². The minimum Gasteiger partial charge on any atom is -0.371 e. The number of halogens is 1. The average Bonchev–Trinajstić information content (AvgIpc) is 2.38. The Labute approximate surface area is 115 Å². The molecule has 0 aromatic heterocycles. The van der Waals surface area contributed by atoms with Crippen LogP contribution in [0.3, 0.4) is 0 Å². The van der Waals surface area contributed by atoms with E-state index in [0.29, 0.717) is 6.04 Å². The molecule has 1 fully saturated rings. The molecule has 0 unspecified atom stereocenters. The maximum Gasteiger partial charge on any atom is 0.123 e. The van der Waals surface area contributed by atoms with E-state index in [1.165, 1.54) is 6.07 Å². The zero-order chi connectivity index (χ0) is 14.0. The molecule has 2 N–H and O–H groups in total. The van der Waals surface area contributed by atoms with Crippen molar-refractivity contribution in [1.29, 1.82) is 0 Å². The van der Waals surface area contributed by atoms with Crippen molar-refractivity contribution in [1.82, 2.24) is 4.90 Å². The SMILES string of the molecule is C[C@@H](N)c1cc(F)ccc1N1CCC(N(C)C)CC1. The number of anilines is 1. The molecule has 1 aromatic carbocycles. The van der Waals surface area contributed by atoms with Gasteiger partial charge in [0.1, 0.15) is 5.82 Å². The van der Waals surface area contributed by atoms with E-state index in [9.17, 15) is 4.39 Å². The van der Waals surface area contributed by atoms with Crippen LogP contribution < -0.4 is 10.6 Å². The molecule has 106 valence electrons. The number of nitrogens with zero attached hydrogens (tertiary/aromatic N) is 2. The van der Waals surface area contributed by atoms with Crippen LogP contribution in [0.2, 0.25) is 0 Å². The summed E-state index contributed by atoms with van der Waals surface area (Å²) in [6.45, 7) is 3.92. The number of rotatable bonds is 3. The molecule has 1 atom stereocenters. The van der Waals surface area contributed by atoms with Gasteiger partial charge in [0.2, 0.25) is 0 Å². The molecule has 1 aliphatic rings. The summed E-state index contributed by atoms with van der Waals surface area (Å²) < 4.78 is 13.4. The van der Waals surface area contributed by atoms with Gasteiger partial charge >= 0.3 is 0 Å². The number of benzene rings is 1. The quantitative estimate of drug-likeness (QED) is 0.910. The monoisotopic (exact) mass is 265 g/mol. The van der Waals surface area contributed by atoms with Gasteiger partial charge in [0.15, 0.2) is 0 Å². The highest BCUT2D eigenvalue weighted by molar-refractivity contribution is 5.55. The van der Waals surface area contributed by atoms with E-state index in [-0.39, 0.29) is 11.9 Å². The largest absolute Gasteiger partial charge is 0.371 e. The van der Waals surface area contributed by atoms with E-state index in [4.69, 9.17) is 5.73 Å². The lowest BCUT2D eigenvalue weighted by Gasteiger charge is -2.37. The highest BCUT2D eigenvalue weighted by atomic mass is 19.1. The van der Waals surface area contributed by atoms with Gasteiger partial charge < -0.3 is 15.5 Å². The fourth-order valence-corrected chi connectivity index (χ4v) is 2.80. The van der Waals surface area contributed by atoms with Gasteiger partial charge in [-0.2, -0.15) is 0 Å². The third-order valence-electron chi connectivity index (χ3n) is 4.02. The van der Waals surface area contributed by atoms with E-state index in [2.05, 4.69) is 23.9 Å². The Morgan fingerprint density at radius 1 is 1.32 bits per heavy atom. The number of hydrogen-bond donors (Lipinski definition) is 1. The zero-order valence-corrected chi connectivity index (χ0v) is 12.1. The van der Waals surface area contributed by atoms with Gasteiger partial charge in [0, 0.05) is 30.9 Å². The topological polar surface area (TPSA) is 32.5 Å². The fraction of sp³-hybridized carbons (Fsp3) is 0.600. The van der Waals surface area contributed by atoms with Gasteiger partial charge in [0.25, 0.3) is 0 Å². The molecule has 1 saturated heterocycles. The van der Waals surface area contributed by atoms with E-state index in [0.717, 1.165) is 37.2 Å². The Kier molecular flexibility index (Phi) is 4.42. The Morgan fingerprint density at radius 2 is 1.95 bits per heavy atom. The first-order chi connectivity index (χ1) is 8.99. The molecule has 0 spiro atoms. The van der Waals surface area contributed by atoms with Gasteiger partial charge in [-0.05, 0) is 57.6 Å². The third kappa shape index (κ3) is 3.25. The van der Waals surface area contributed by atoms with Crippen LogP contribution in [0.5, 0.6) is 0 Å². The summed E-state index contributed by atoms with van der Waals surface area (Å²) in [5.74, 6) is -0.209. The summed E-state index contributed by atoms with van der Waals surface area (Å²) >= 11 is 0. The summed E-state index contributed by atoms with van der Waals surface area (Å²) in [6.07, 6.45) is 2.28. The first-order valence-electron chi connectivity index (χ1n) is 6.95. The Balaban J connectivity index is 2.15. The van der Waals surface area contributed by atoms with Crippen molar-refractivity contribution in [3.05, 3.63) is 29.6 Å². The summed E-state index contributed by atoms with van der Waals surface area (Å²) in [4.78, 5) is 4.62. The molecule has 3 nitrogen and oxygen atoms in total. The summed E-state index contributed by atoms with van der Waals surface area (Å²) in [5, 5.41) is 0.